The number of nitriles is 1. The van der Waals surface area contributed by atoms with Crippen molar-refractivity contribution in [2.45, 2.75) is 18.9 Å². The molecule has 0 aliphatic carbocycles. The Morgan fingerprint density at radius 1 is 1.45 bits per heavy atom. The van der Waals surface area contributed by atoms with Gasteiger partial charge in [-0.15, -0.1) is 0 Å². The van der Waals surface area contributed by atoms with Crippen molar-refractivity contribution in [2.24, 2.45) is 7.05 Å². The van der Waals surface area contributed by atoms with Crippen LogP contribution in [0.5, 0.6) is 0 Å². The first kappa shape index (κ1) is 12.9. The zero-order chi connectivity index (χ0) is 13.9. The molecule has 1 aliphatic rings. The normalized spacial score (nSPS) is 19.3. The first-order valence-corrected chi connectivity index (χ1v) is 6.90. The van der Waals surface area contributed by atoms with Gasteiger partial charge >= 0.3 is 0 Å². The molecule has 0 N–H and O–H groups in total. The summed E-state index contributed by atoms with van der Waals surface area (Å²) in [5.41, 5.74) is 1.90. The largest absolute Gasteiger partial charge is 0.301 e. The maximum absolute atomic E-state index is 8.84. The van der Waals surface area contributed by atoms with E-state index in [1.807, 2.05) is 28.8 Å². The molecule has 2 aromatic heterocycles. The molecule has 1 unspecified atom stereocenters. The Morgan fingerprint density at radius 2 is 2.35 bits per heavy atom. The molecular weight excluding hydrogens is 252 g/mol. The summed E-state index contributed by atoms with van der Waals surface area (Å²) >= 11 is 0. The second-order valence-electron chi connectivity index (χ2n) is 5.26. The van der Waals surface area contributed by atoms with Crippen LogP contribution in [0, 0.1) is 11.3 Å². The van der Waals surface area contributed by atoms with Gasteiger partial charge < -0.3 is 4.90 Å². The molecule has 104 valence electrons. The molecule has 6 nitrogen and oxygen atoms in total. The van der Waals surface area contributed by atoms with Gasteiger partial charge in [0.05, 0.1) is 17.8 Å². The Hall–Kier alpha value is -2.13. The molecule has 0 saturated carbocycles. The summed E-state index contributed by atoms with van der Waals surface area (Å²) in [6.45, 7) is 3.14. The summed E-state index contributed by atoms with van der Waals surface area (Å²) in [4.78, 5) is 2.45. The molecular formula is C14H18N6. The van der Waals surface area contributed by atoms with Crippen LogP contribution in [0.1, 0.15) is 23.7 Å². The van der Waals surface area contributed by atoms with Gasteiger partial charge in [-0.25, -0.2) is 0 Å². The molecule has 0 spiro atoms. The van der Waals surface area contributed by atoms with Crippen molar-refractivity contribution in [1.82, 2.24) is 24.5 Å². The molecule has 20 heavy (non-hydrogen) atoms. The van der Waals surface area contributed by atoms with Crippen molar-refractivity contribution in [2.75, 3.05) is 19.6 Å². The molecule has 1 aliphatic heterocycles. The first-order chi connectivity index (χ1) is 9.76. The van der Waals surface area contributed by atoms with Crippen LogP contribution in [0.3, 0.4) is 0 Å². The quantitative estimate of drug-likeness (QED) is 0.830. The highest BCUT2D eigenvalue weighted by molar-refractivity contribution is 5.22. The molecule has 6 heteroatoms. The summed E-state index contributed by atoms with van der Waals surface area (Å²) in [5.74, 6) is 0. The lowest BCUT2D eigenvalue weighted by Gasteiger charge is -2.16. The van der Waals surface area contributed by atoms with E-state index < -0.39 is 0 Å². The van der Waals surface area contributed by atoms with Crippen molar-refractivity contribution < 1.29 is 0 Å². The Morgan fingerprint density at radius 3 is 3.05 bits per heavy atom. The first-order valence-electron chi connectivity index (χ1n) is 6.90. The highest BCUT2D eigenvalue weighted by atomic mass is 15.3. The molecule has 0 aromatic carbocycles. The fraction of sp³-hybridized carbons (Fsp3) is 0.500. The molecule has 1 fully saturated rings. The summed E-state index contributed by atoms with van der Waals surface area (Å²) in [7, 11) is 1.98. The maximum Gasteiger partial charge on any atom is 0.102 e. The van der Waals surface area contributed by atoms with E-state index in [4.69, 9.17) is 5.26 Å². The number of likely N-dealkylation sites (tertiary alicyclic amines) is 1. The lowest BCUT2D eigenvalue weighted by molar-refractivity contribution is 0.320. The SMILES string of the molecule is Cn1nccc1CCN1CCC(n2cc(C#N)cn2)C1. The van der Waals surface area contributed by atoms with Crippen molar-refractivity contribution in [1.29, 1.82) is 5.26 Å². The molecule has 3 rings (SSSR count). The van der Waals surface area contributed by atoms with Crippen LogP contribution in [0.2, 0.25) is 0 Å². The Bertz CT molecular complexity index is 620. The van der Waals surface area contributed by atoms with E-state index >= 15 is 0 Å². The van der Waals surface area contributed by atoms with Crippen LogP contribution < -0.4 is 0 Å². The van der Waals surface area contributed by atoms with Gasteiger partial charge in [-0.3, -0.25) is 9.36 Å². The topological polar surface area (TPSA) is 62.7 Å². The number of hydrogen-bond donors (Lipinski definition) is 0. The Balaban J connectivity index is 1.54. The zero-order valence-electron chi connectivity index (χ0n) is 11.6. The van der Waals surface area contributed by atoms with Crippen LogP contribution in [-0.2, 0) is 13.5 Å². The van der Waals surface area contributed by atoms with Gasteiger partial charge in [0.2, 0.25) is 0 Å². The van der Waals surface area contributed by atoms with Crippen LogP contribution in [0.4, 0.5) is 0 Å². The van der Waals surface area contributed by atoms with Gasteiger partial charge in [0, 0.05) is 51.2 Å². The van der Waals surface area contributed by atoms with Crippen molar-refractivity contribution in [3.8, 4) is 6.07 Å². The number of aryl methyl sites for hydroxylation is 1. The van der Waals surface area contributed by atoms with Crippen LogP contribution in [0.25, 0.3) is 0 Å². The molecule has 1 atom stereocenters. The number of nitrogens with zero attached hydrogens (tertiary/aromatic N) is 6. The van der Waals surface area contributed by atoms with Gasteiger partial charge in [0.15, 0.2) is 0 Å². The van der Waals surface area contributed by atoms with Gasteiger partial charge in [-0.1, -0.05) is 0 Å². The fourth-order valence-electron chi connectivity index (χ4n) is 2.75. The van der Waals surface area contributed by atoms with Gasteiger partial charge in [-0.05, 0) is 12.5 Å². The minimum Gasteiger partial charge on any atom is -0.301 e. The summed E-state index contributed by atoms with van der Waals surface area (Å²) in [6.07, 6.45) is 7.44. The number of aromatic nitrogens is 4. The van der Waals surface area contributed by atoms with Crippen LogP contribution in [0.15, 0.2) is 24.7 Å². The Labute approximate surface area is 118 Å². The van der Waals surface area contributed by atoms with Crippen LogP contribution >= 0.6 is 0 Å². The van der Waals surface area contributed by atoms with Gasteiger partial charge in [0.25, 0.3) is 0 Å². The lowest BCUT2D eigenvalue weighted by Crippen LogP contribution is -2.24. The molecule has 0 radical (unpaired) electrons. The second kappa shape index (κ2) is 5.47. The molecule has 0 bridgehead atoms. The maximum atomic E-state index is 8.84. The minimum absolute atomic E-state index is 0.392. The average molecular weight is 270 g/mol. The smallest absolute Gasteiger partial charge is 0.102 e. The van der Waals surface area contributed by atoms with E-state index in [0.717, 1.165) is 32.5 Å². The molecule has 2 aromatic rings. The minimum atomic E-state index is 0.392. The lowest BCUT2D eigenvalue weighted by atomic mass is 10.3. The summed E-state index contributed by atoms with van der Waals surface area (Å²) < 4.78 is 3.86. The van der Waals surface area contributed by atoms with E-state index in [1.54, 1.807) is 6.20 Å². The third kappa shape index (κ3) is 2.58. The van der Waals surface area contributed by atoms with E-state index in [0.29, 0.717) is 11.6 Å². The number of rotatable bonds is 4. The fourth-order valence-corrected chi connectivity index (χ4v) is 2.75. The second-order valence-corrected chi connectivity index (χ2v) is 5.26. The highest BCUT2D eigenvalue weighted by Crippen LogP contribution is 2.21. The van der Waals surface area contributed by atoms with E-state index in [1.165, 1.54) is 5.69 Å². The zero-order valence-corrected chi connectivity index (χ0v) is 11.6. The van der Waals surface area contributed by atoms with Crippen molar-refractivity contribution >= 4 is 0 Å². The standard InChI is InChI=1S/C14H18N6/c1-18-13(2-5-16-18)3-6-19-7-4-14(11-19)20-10-12(8-15)9-17-20/h2,5,9-10,14H,3-4,6-7,11H2,1H3. The summed E-state index contributed by atoms with van der Waals surface area (Å²) in [5, 5.41) is 17.3. The van der Waals surface area contributed by atoms with E-state index in [-0.39, 0.29) is 0 Å². The van der Waals surface area contributed by atoms with E-state index in [9.17, 15) is 0 Å². The van der Waals surface area contributed by atoms with E-state index in [2.05, 4.69) is 27.2 Å². The predicted molar refractivity (Wildman–Crippen MR) is 73.9 cm³/mol. The monoisotopic (exact) mass is 270 g/mol. The third-order valence-electron chi connectivity index (χ3n) is 3.96. The van der Waals surface area contributed by atoms with Crippen molar-refractivity contribution in [3.05, 3.63) is 35.9 Å². The van der Waals surface area contributed by atoms with Crippen molar-refractivity contribution in [3.63, 3.8) is 0 Å². The molecule has 3 heterocycles. The molecule has 0 amide bonds. The molecule has 1 saturated heterocycles. The average Bonchev–Trinajstić information content (AvgIpc) is 3.16. The number of hydrogen-bond acceptors (Lipinski definition) is 4. The van der Waals surface area contributed by atoms with Crippen LogP contribution in [-0.4, -0.2) is 44.1 Å². The van der Waals surface area contributed by atoms with Gasteiger partial charge in [-0.2, -0.15) is 15.5 Å². The Kier molecular flexibility index (Phi) is 3.52. The summed E-state index contributed by atoms with van der Waals surface area (Å²) in [6, 6.07) is 4.59. The highest BCUT2D eigenvalue weighted by Gasteiger charge is 2.24. The predicted octanol–water partition coefficient (Wildman–Crippen LogP) is 0.978. The third-order valence-corrected chi connectivity index (χ3v) is 3.96. The van der Waals surface area contributed by atoms with Gasteiger partial charge in [0.1, 0.15) is 6.07 Å².